The molecule has 2 aromatic rings. The molecule has 4 nitrogen and oxygen atoms in total. The van der Waals surface area contributed by atoms with Crippen LogP contribution < -0.4 is 5.32 Å². The molecule has 1 unspecified atom stereocenters. The number of aliphatic hydroxyl groups excluding tert-OH is 1. The largest absolute Gasteiger partial charge is 0.391 e. The van der Waals surface area contributed by atoms with Crippen LogP contribution in [0, 0.1) is 5.41 Å². The molecule has 1 atom stereocenters. The maximum Gasteiger partial charge on any atom is 0.123 e. The maximum absolute atomic E-state index is 9.98. The highest BCUT2D eigenvalue weighted by Gasteiger charge is 2.21. The highest BCUT2D eigenvalue weighted by molar-refractivity contribution is 5.75. The number of aryl methyl sites for hydroxylation is 1. The van der Waals surface area contributed by atoms with E-state index in [1.807, 2.05) is 46.0 Å². The molecule has 0 radical (unpaired) electrons. The van der Waals surface area contributed by atoms with E-state index in [1.54, 1.807) is 0 Å². The molecule has 0 saturated heterocycles. The van der Waals surface area contributed by atoms with Crippen LogP contribution in [0.15, 0.2) is 24.3 Å². The van der Waals surface area contributed by atoms with E-state index < -0.39 is 0 Å². The third kappa shape index (κ3) is 3.14. The van der Waals surface area contributed by atoms with Gasteiger partial charge in [0.2, 0.25) is 0 Å². The molecular weight excluding hydrogens is 238 g/mol. The fourth-order valence-electron chi connectivity index (χ4n) is 1.98. The van der Waals surface area contributed by atoms with Gasteiger partial charge in [0.1, 0.15) is 5.82 Å². The van der Waals surface area contributed by atoms with Crippen LogP contribution in [0.25, 0.3) is 11.0 Å². The van der Waals surface area contributed by atoms with E-state index in [2.05, 4.69) is 20.9 Å². The van der Waals surface area contributed by atoms with Crippen molar-refractivity contribution in [2.24, 2.45) is 12.5 Å². The molecule has 1 aromatic carbocycles. The SMILES string of the molecule is Cn1c(CNCC(O)C(C)(C)C)nc2ccccc21. The van der Waals surface area contributed by atoms with Crippen molar-refractivity contribution >= 4 is 11.0 Å². The van der Waals surface area contributed by atoms with E-state index in [-0.39, 0.29) is 11.5 Å². The first kappa shape index (κ1) is 14.0. The topological polar surface area (TPSA) is 50.1 Å². The molecule has 0 aliphatic rings. The zero-order chi connectivity index (χ0) is 14.0. The lowest BCUT2D eigenvalue weighted by Crippen LogP contribution is -2.36. The number of para-hydroxylation sites is 2. The van der Waals surface area contributed by atoms with Gasteiger partial charge in [0, 0.05) is 13.6 Å². The zero-order valence-electron chi connectivity index (χ0n) is 12.1. The second-order valence-electron chi connectivity index (χ2n) is 6.09. The fraction of sp³-hybridized carbons (Fsp3) is 0.533. The zero-order valence-corrected chi connectivity index (χ0v) is 12.1. The Bertz CT molecular complexity index is 554. The predicted octanol–water partition coefficient (Wildman–Crippen LogP) is 2.07. The summed E-state index contributed by atoms with van der Waals surface area (Å²) in [4.78, 5) is 4.59. The van der Waals surface area contributed by atoms with Gasteiger partial charge in [-0.1, -0.05) is 32.9 Å². The monoisotopic (exact) mass is 261 g/mol. The predicted molar refractivity (Wildman–Crippen MR) is 77.9 cm³/mol. The van der Waals surface area contributed by atoms with Crippen LogP contribution in [0.5, 0.6) is 0 Å². The average molecular weight is 261 g/mol. The normalized spacial score (nSPS) is 13.9. The number of nitrogens with zero attached hydrogens (tertiary/aromatic N) is 2. The van der Waals surface area contributed by atoms with Crippen molar-refractivity contribution in [3.63, 3.8) is 0 Å². The quantitative estimate of drug-likeness (QED) is 0.886. The number of aromatic nitrogens is 2. The van der Waals surface area contributed by atoms with Gasteiger partial charge in [-0.05, 0) is 17.5 Å². The molecule has 1 aromatic heterocycles. The Morgan fingerprint density at radius 3 is 2.63 bits per heavy atom. The summed E-state index contributed by atoms with van der Waals surface area (Å²) in [5.74, 6) is 0.988. The first-order chi connectivity index (χ1) is 8.89. The van der Waals surface area contributed by atoms with E-state index in [9.17, 15) is 5.11 Å². The number of hydrogen-bond donors (Lipinski definition) is 2. The Kier molecular flexibility index (Phi) is 3.92. The molecule has 0 aliphatic carbocycles. The molecule has 4 heteroatoms. The van der Waals surface area contributed by atoms with Gasteiger partial charge >= 0.3 is 0 Å². The van der Waals surface area contributed by atoms with E-state index in [0.29, 0.717) is 13.1 Å². The lowest BCUT2D eigenvalue weighted by molar-refractivity contribution is 0.0626. The summed E-state index contributed by atoms with van der Waals surface area (Å²) in [5, 5.41) is 13.3. The molecule has 2 rings (SSSR count). The highest BCUT2D eigenvalue weighted by Crippen LogP contribution is 2.18. The Hall–Kier alpha value is -1.39. The van der Waals surface area contributed by atoms with Crippen LogP contribution in [0.3, 0.4) is 0 Å². The average Bonchev–Trinajstić information content (AvgIpc) is 2.66. The van der Waals surface area contributed by atoms with E-state index >= 15 is 0 Å². The summed E-state index contributed by atoms with van der Waals surface area (Å²) in [7, 11) is 2.02. The number of hydrogen-bond acceptors (Lipinski definition) is 3. The Morgan fingerprint density at radius 1 is 1.32 bits per heavy atom. The van der Waals surface area contributed by atoms with Crippen molar-refractivity contribution in [3.8, 4) is 0 Å². The first-order valence-electron chi connectivity index (χ1n) is 6.68. The maximum atomic E-state index is 9.98. The van der Waals surface area contributed by atoms with Crippen molar-refractivity contribution in [3.05, 3.63) is 30.1 Å². The molecule has 19 heavy (non-hydrogen) atoms. The van der Waals surface area contributed by atoms with Crippen molar-refractivity contribution in [1.82, 2.24) is 14.9 Å². The summed E-state index contributed by atoms with van der Waals surface area (Å²) >= 11 is 0. The van der Waals surface area contributed by atoms with Crippen molar-refractivity contribution in [1.29, 1.82) is 0 Å². The molecule has 1 heterocycles. The fourth-order valence-corrected chi connectivity index (χ4v) is 1.98. The number of benzene rings is 1. The van der Waals surface area contributed by atoms with Crippen LogP contribution in [0.1, 0.15) is 26.6 Å². The number of nitrogens with one attached hydrogen (secondary N) is 1. The van der Waals surface area contributed by atoms with Crippen LogP contribution in [0.2, 0.25) is 0 Å². The molecule has 0 spiro atoms. The lowest BCUT2D eigenvalue weighted by atomic mass is 9.89. The standard InChI is InChI=1S/C15H23N3O/c1-15(2,3)13(19)9-16-10-14-17-11-7-5-6-8-12(11)18(14)4/h5-8,13,16,19H,9-10H2,1-4H3. The lowest BCUT2D eigenvalue weighted by Gasteiger charge is -2.25. The summed E-state index contributed by atoms with van der Waals surface area (Å²) in [6.45, 7) is 7.35. The molecule has 0 aliphatic heterocycles. The summed E-state index contributed by atoms with van der Waals surface area (Å²) in [6.07, 6.45) is -0.359. The van der Waals surface area contributed by atoms with Gasteiger partial charge in [0.25, 0.3) is 0 Å². The summed E-state index contributed by atoms with van der Waals surface area (Å²) in [5.41, 5.74) is 2.05. The minimum Gasteiger partial charge on any atom is -0.391 e. The van der Waals surface area contributed by atoms with E-state index in [0.717, 1.165) is 16.9 Å². The second-order valence-corrected chi connectivity index (χ2v) is 6.09. The van der Waals surface area contributed by atoms with E-state index in [1.165, 1.54) is 0 Å². The number of fused-ring (bicyclic) bond motifs is 1. The van der Waals surface area contributed by atoms with Crippen LogP contribution in [0.4, 0.5) is 0 Å². The van der Waals surface area contributed by atoms with Crippen molar-refractivity contribution in [2.75, 3.05) is 6.54 Å². The highest BCUT2D eigenvalue weighted by atomic mass is 16.3. The molecule has 0 bridgehead atoms. The Balaban J connectivity index is 2.01. The molecular formula is C15H23N3O. The van der Waals surface area contributed by atoms with Gasteiger partial charge in [-0.2, -0.15) is 0 Å². The summed E-state index contributed by atoms with van der Waals surface area (Å²) in [6, 6.07) is 8.10. The van der Waals surface area contributed by atoms with Gasteiger partial charge in [-0.25, -0.2) is 4.98 Å². The minimum absolute atomic E-state index is 0.0979. The van der Waals surface area contributed by atoms with Gasteiger partial charge in [-0.15, -0.1) is 0 Å². The van der Waals surface area contributed by atoms with Gasteiger partial charge < -0.3 is 15.0 Å². The third-order valence-electron chi connectivity index (χ3n) is 3.50. The van der Waals surface area contributed by atoms with Crippen molar-refractivity contribution < 1.29 is 5.11 Å². The number of imidazole rings is 1. The molecule has 0 saturated carbocycles. The van der Waals surface area contributed by atoms with Crippen LogP contribution in [-0.2, 0) is 13.6 Å². The Morgan fingerprint density at radius 2 is 2.00 bits per heavy atom. The minimum atomic E-state index is -0.359. The molecule has 2 N–H and O–H groups in total. The number of rotatable bonds is 4. The van der Waals surface area contributed by atoms with Crippen LogP contribution >= 0.6 is 0 Å². The molecule has 0 amide bonds. The van der Waals surface area contributed by atoms with Gasteiger partial charge in [0.05, 0.1) is 23.7 Å². The van der Waals surface area contributed by atoms with Gasteiger partial charge in [0.15, 0.2) is 0 Å². The second kappa shape index (κ2) is 5.31. The van der Waals surface area contributed by atoms with Gasteiger partial charge in [-0.3, -0.25) is 0 Å². The first-order valence-corrected chi connectivity index (χ1v) is 6.68. The molecule has 104 valence electrons. The number of aliphatic hydroxyl groups is 1. The smallest absolute Gasteiger partial charge is 0.123 e. The van der Waals surface area contributed by atoms with Crippen LogP contribution in [-0.4, -0.2) is 27.3 Å². The third-order valence-corrected chi connectivity index (χ3v) is 3.50. The van der Waals surface area contributed by atoms with Crippen molar-refractivity contribution in [2.45, 2.75) is 33.4 Å². The Labute approximate surface area is 114 Å². The molecule has 0 fully saturated rings. The summed E-state index contributed by atoms with van der Waals surface area (Å²) < 4.78 is 2.09. The van der Waals surface area contributed by atoms with E-state index in [4.69, 9.17) is 0 Å².